The number of esters is 1. The summed E-state index contributed by atoms with van der Waals surface area (Å²) in [5, 5.41) is 0.726. The molecule has 1 heterocycles. The van der Waals surface area contributed by atoms with Gasteiger partial charge in [0.25, 0.3) is 0 Å². The number of halogens is 1. The number of nitrogens with zero attached hydrogens (tertiary/aromatic N) is 2. The van der Waals surface area contributed by atoms with Gasteiger partial charge >= 0.3 is 5.97 Å². The molecule has 0 saturated heterocycles. The van der Waals surface area contributed by atoms with Crippen LogP contribution in [0.2, 0.25) is 5.02 Å². The van der Waals surface area contributed by atoms with Crippen molar-refractivity contribution in [2.24, 2.45) is 0 Å². The Balaban J connectivity index is 0.000000251. The van der Waals surface area contributed by atoms with E-state index in [9.17, 15) is 4.79 Å². The molecular weight excluding hydrogens is 552 g/mol. The van der Waals surface area contributed by atoms with E-state index in [-0.39, 0.29) is 5.97 Å². The van der Waals surface area contributed by atoms with E-state index in [2.05, 4.69) is 77.7 Å². The summed E-state index contributed by atoms with van der Waals surface area (Å²) in [5.41, 5.74) is 3.19. The first-order valence-electron chi connectivity index (χ1n) is 15.7. The zero-order valence-corrected chi connectivity index (χ0v) is 26.6. The molecule has 0 unspecified atom stereocenters. The van der Waals surface area contributed by atoms with E-state index >= 15 is 0 Å². The molecule has 0 saturated carbocycles. The predicted molar refractivity (Wildman–Crippen MR) is 179 cm³/mol. The topological polar surface area (TPSA) is 44.1 Å². The molecule has 4 aromatic rings. The molecule has 0 atom stereocenters. The van der Waals surface area contributed by atoms with Crippen molar-refractivity contribution in [3.8, 4) is 0 Å². The van der Waals surface area contributed by atoms with Crippen molar-refractivity contribution in [2.75, 3.05) is 6.61 Å². The minimum Gasteiger partial charge on any atom is -0.462 e. The van der Waals surface area contributed by atoms with E-state index in [4.69, 9.17) is 16.3 Å². The Kier molecular flexibility index (Phi) is 14.8. The van der Waals surface area contributed by atoms with E-state index in [0.29, 0.717) is 12.2 Å². The smallest absolute Gasteiger partial charge is 0.333 e. The van der Waals surface area contributed by atoms with Crippen molar-refractivity contribution in [3.63, 3.8) is 0 Å². The van der Waals surface area contributed by atoms with Crippen molar-refractivity contribution in [3.05, 3.63) is 138 Å². The van der Waals surface area contributed by atoms with Crippen LogP contribution in [0.3, 0.4) is 0 Å². The standard InChI is InChI=1S/C22H17ClN2.C16H30O2/c23-21-14-8-7-13-20(21)22(25-16-15-24-17-25,18-9-3-1-4-10-18)19-11-5-2-6-12-19;1-4-5-6-7-8-9-10-11-12-13-14-18-16(17)15(2)3/h1-17H;2,4-14H2,1,3H3. The molecule has 1 aromatic heterocycles. The van der Waals surface area contributed by atoms with Crippen LogP contribution in [0, 0.1) is 0 Å². The fourth-order valence-electron chi connectivity index (χ4n) is 5.36. The Labute approximate surface area is 263 Å². The SMILES string of the molecule is C=C(C)C(=O)OCCCCCCCCCCCC.Clc1ccccc1C(c1ccccc1)(c1ccccc1)n1ccnc1. The number of carbonyl (C=O) groups excluding carboxylic acids is 1. The Morgan fingerprint density at radius 1 is 0.791 bits per heavy atom. The second-order valence-electron chi connectivity index (χ2n) is 11.0. The van der Waals surface area contributed by atoms with Gasteiger partial charge in [0.15, 0.2) is 0 Å². The third-order valence-corrected chi connectivity index (χ3v) is 7.95. The summed E-state index contributed by atoms with van der Waals surface area (Å²) in [6.45, 7) is 8.03. The molecule has 0 N–H and O–H groups in total. The minimum absolute atomic E-state index is 0.258. The lowest BCUT2D eigenvalue weighted by molar-refractivity contribution is -0.139. The molecule has 3 aromatic carbocycles. The van der Waals surface area contributed by atoms with E-state index < -0.39 is 5.54 Å². The molecule has 0 spiro atoms. The highest BCUT2D eigenvalue weighted by Gasteiger charge is 2.39. The van der Waals surface area contributed by atoms with Gasteiger partial charge in [-0.15, -0.1) is 0 Å². The summed E-state index contributed by atoms with van der Waals surface area (Å²) >= 11 is 6.69. The molecule has 0 fully saturated rings. The lowest BCUT2D eigenvalue weighted by atomic mass is 9.76. The van der Waals surface area contributed by atoms with Gasteiger partial charge in [-0.3, -0.25) is 0 Å². The number of rotatable bonds is 16. The number of imidazole rings is 1. The Morgan fingerprint density at radius 3 is 1.79 bits per heavy atom. The highest BCUT2D eigenvalue weighted by Crippen LogP contribution is 2.43. The molecule has 0 aliphatic rings. The first-order chi connectivity index (χ1) is 21.0. The maximum Gasteiger partial charge on any atom is 0.333 e. The average molecular weight is 599 g/mol. The number of carbonyl (C=O) groups is 1. The molecule has 0 radical (unpaired) electrons. The van der Waals surface area contributed by atoms with Crippen molar-refractivity contribution in [2.45, 2.75) is 83.6 Å². The highest BCUT2D eigenvalue weighted by atomic mass is 35.5. The van der Waals surface area contributed by atoms with Crippen LogP contribution in [-0.4, -0.2) is 22.1 Å². The zero-order valence-electron chi connectivity index (χ0n) is 25.9. The summed E-state index contributed by atoms with van der Waals surface area (Å²) in [4.78, 5) is 15.4. The first-order valence-corrected chi connectivity index (χ1v) is 16.1. The van der Waals surface area contributed by atoms with Gasteiger partial charge in [-0.2, -0.15) is 0 Å². The van der Waals surface area contributed by atoms with Gasteiger partial charge in [0.05, 0.1) is 12.9 Å². The maximum absolute atomic E-state index is 11.1. The highest BCUT2D eigenvalue weighted by molar-refractivity contribution is 6.31. The van der Waals surface area contributed by atoms with Crippen LogP contribution in [0.1, 0.15) is 94.7 Å². The Hall–Kier alpha value is -3.63. The summed E-state index contributed by atoms with van der Waals surface area (Å²) in [6, 6.07) is 28.8. The van der Waals surface area contributed by atoms with Crippen LogP contribution >= 0.6 is 11.6 Å². The molecular formula is C38H47ClN2O2. The van der Waals surface area contributed by atoms with Crippen molar-refractivity contribution in [1.29, 1.82) is 0 Å². The van der Waals surface area contributed by atoms with E-state index in [1.165, 1.54) is 57.8 Å². The number of ether oxygens (including phenoxy) is 1. The van der Waals surface area contributed by atoms with Crippen LogP contribution in [0.15, 0.2) is 116 Å². The summed E-state index contributed by atoms with van der Waals surface area (Å²) < 4.78 is 7.16. The van der Waals surface area contributed by atoms with Crippen molar-refractivity contribution in [1.82, 2.24) is 9.55 Å². The number of aromatic nitrogens is 2. The second kappa shape index (κ2) is 18.8. The number of hydrogen-bond donors (Lipinski definition) is 0. The molecule has 0 aliphatic carbocycles. The first kappa shape index (κ1) is 33.9. The second-order valence-corrected chi connectivity index (χ2v) is 11.4. The van der Waals surface area contributed by atoms with Gasteiger partial charge in [-0.1, -0.05) is 162 Å². The summed E-state index contributed by atoms with van der Waals surface area (Å²) in [7, 11) is 0. The number of benzene rings is 3. The van der Waals surface area contributed by atoms with Crippen molar-refractivity contribution < 1.29 is 9.53 Å². The monoisotopic (exact) mass is 598 g/mol. The van der Waals surface area contributed by atoms with Crippen LogP contribution in [0.5, 0.6) is 0 Å². The Bertz CT molecular complexity index is 1300. The molecule has 5 heteroatoms. The predicted octanol–water partition coefficient (Wildman–Crippen LogP) is 10.4. The van der Waals surface area contributed by atoms with Crippen LogP contribution in [0.25, 0.3) is 0 Å². The van der Waals surface area contributed by atoms with Gasteiger partial charge in [0.1, 0.15) is 5.54 Å². The third kappa shape index (κ3) is 9.96. The van der Waals surface area contributed by atoms with E-state index in [0.717, 1.165) is 28.1 Å². The maximum atomic E-state index is 11.1. The normalized spacial score (nSPS) is 11.0. The molecule has 0 amide bonds. The van der Waals surface area contributed by atoms with E-state index in [1.54, 1.807) is 13.1 Å². The lowest BCUT2D eigenvalue weighted by Crippen LogP contribution is -2.37. The van der Waals surface area contributed by atoms with E-state index in [1.807, 2.05) is 42.9 Å². The number of unbranched alkanes of at least 4 members (excludes halogenated alkanes) is 9. The van der Waals surface area contributed by atoms with Gasteiger partial charge in [-0.05, 0) is 30.5 Å². The molecule has 43 heavy (non-hydrogen) atoms. The van der Waals surface area contributed by atoms with Gasteiger partial charge in [-0.25, -0.2) is 9.78 Å². The van der Waals surface area contributed by atoms with Crippen LogP contribution in [-0.2, 0) is 15.1 Å². The number of hydrogen-bond acceptors (Lipinski definition) is 3. The fourth-order valence-corrected chi connectivity index (χ4v) is 5.64. The molecule has 4 rings (SSSR count). The quantitative estimate of drug-likeness (QED) is 0.0557. The summed E-state index contributed by atoms with van der Waals surface area (Å²) in [6.07, 6.45) is 18.6. The van der Waals surface area contributed by atoms with Crippen molar-refractivity contribution >= 4 is 17.6 Å². The zero-order chi connectivity index (χ0) is 30.8. The molecule has 4 nitrogen and oxygen atoms in total. The van der Waals surface area contributed by atoms with Gasteiger partial charge < -0.3 is 9.30 Å². The average Bonchev–Trinajstić information content (AvgIpc) is 3.58. The van der Waals surface area contributed by atoms with Crippen LogP contribution in [0.4, 0.5) is 0 Å². The lowest BCUT2D eigenvalue weighted by Gasteiger charge is -2.37. The summed E-state index contributed by atoms with van der Waals surface area (Å²) in [5.74, 6) is -0.258. The Morgan fingerprint density at radius 2 is 1.30 bits per heavy atom. The minimum atomic E-state index is -0.586. The third-order valence-electron chi connectivity index (χ3n) is 7.62. The van der Waals surface area contributed by atoms with Crippen LogP contribution < -0.4 is 0 Å². The van der Waals surface area contributed by atoms with Gasteiger partial charge in [0, 0.05) is 28.6 Å². The van der Waals surface area contributed by atoms with Gasteiger partial charge in [0.2, 0.25) is 0 Å². The molecule has 228 valence electrons. The molecule has 0 aliphatic heterocycles. The largest absolute Gasteiger partial charge is 0.462 e. The fraction of sp³-hybridized carbons (Fsp3) is 0.368. The molecule has 0 bridgehead atoms.